The molecule has 0 amide bonds. The highest BCUT2D eigenvalue weighted by Crippen LogP contribution is 2.26. The van der Waals surface area contributed by atoms with Crippen LogP contribution in [0.4, 0.5) is 0 Å². The molecule has 2 unspecified atom stereocenters. The molecule has 16 heavy (non-hydrogen) atoms. The predicted octanol–water partition coefficient (Wildman–Crippen LogP) is 4.83. The molecular weight excluding hydrogens is 241 g/mol. The number of hydrogen-bond acceptors (Lipinski definition) is 1. The minimum Gasteiger partial charge on any atom is -0.308 e. The highest BCUT2D eigenvalue weighted by Gasteiger charge is 2.12. The molecule has 90 valence electrons. The van der Waals surface area contributed by atoms with Crippen LogP contribution in [0.25, 0.3) is 0 Å². The molecular formula is C13H19Cl2N. The molecule has 0 aliphatic rings. The van der Waals surface area contributed by atoms with Gasteiger partial charge < -0.3 is 5.32 Å². The van der Waals surface area contributed by atoms with Gasteiger partial charge in [-0.2, -0.15) is 0 Å². The minimum atomic E-state index is 0.256. The van der Waals surface area contributed by atoms with Gasteiger partial charge in [0, 0.05) is 22.1 Å². The molecule has 0 fully saturated rings. The van der Waals surface area contributed by atoms with Crippen LogP contribution in [0.5, 0.6) is 0 Å². The second-order valence-electron chi connectivity index (χ2n) is 4.24. The van der Waals surface area contributed by atoms with E-state index in [0.29, 0.717) is 11.1 Å². The second kappa shape index (κ2) is 6.48. The molecule has 0 saturated heterocycles. The zero-order chi connectivity index (χ0) is 12.1. The van der Waals surface area contributed by atoms with Crippen LogP contribution in [0.1, 0.15) is 45.2 Å². The Bertz CT molecular complexity index is 339. The second-order valence-corrected chi connectivity index (χ2v) is 5.09. The lowest BCUT2D eigenvalue weighted by atomic mass is 10.1. The van der Waals surface area contributed by atoms with Crippen molar-refractivity contribution < 1.29 is 0 Å². The standard InChI is InChI=1S/C13H19Cl2N/c1-4-5-9(2)16-10(3)12-7-6-11(14)8-13(12)15/h6-10,16H,4-5H2,1-3H3. The summed E-state index contributed by atoms with van der Waals surface area (Å²) in [6.45, 7) is 6.52. The third-order valence-electron chi connectivity index (χ3n) is 2.69. The number of rotatable bonds is 5. The molecule has 0 bridgehead atoms. The largest absolute Gasteiger partial charge is 0.308 e. The van der Waals surface area contributed by atoms with E-state index in [4.69, 9.17) is 23.2 Å². The first-order valence-corrected chi connectivity index (χ1v) is 6.51. The summed E-state index contributed by atoms with van der Waals surface area (Å²) in [5.41, 5.74) is 1.11. The van der Waals surface area contributed by atoms with E-state index in [1.54, 1.807) is 6.07 Å². The van der Waals surface area contributed by atoms with E-state index in [9.17, 15) is 0 Å². The molecule has 1 rings (SSSR count). The zero-order valence-corrected chi connectivity index (χ0v) is 11.6. The van der Waals surface area contributed by atoms with Gasteiger partial charge in [-0.05, 0) is 38.0 Å². The Labute approximate surface area is 108 Å². The molecule has 0 aliphatic heterocycles. The molecule has 0 saturated carbocycles. The van der Waals surface area contributed by atoms with Crippen LogP contribution in [-0.4, -0.2) is 6.04 Å². The van der Waals surface area contributed by atoms with Crippen molar-refractivity contribution in [2.24, 2.45) is 0 Å². The lowest BCUT2D eigenvalue weighted by Crippen LogP contribution is -2.28. The van der Waals surface area contributed by atoms with Crippen molar-refractivity contribution in [1.82, 2.24) is 5.32 Å². The Morgan fingerprint density at radius 2 is 1.94 bits per heavy atom. The fourth-order valence-electron chi connectivity index (χ4n) is 1.89. The summed E-state index contributed by atoms with van der Waals surface area (Å²) in [5.74, 6) is 0. The molecule has 0 heterocycles. The van der Waals surface area contributed by atoms with Crippen molar-refractivity contribution in [3.8, 4) is 0 Å². The van der Waals surface area contributed by atoms with Gasteiger partial charge in [0.1, 0.15) is 0 Å². The first-order chi connectivity index (χ1) is 7.54. The lowest BCUT2D eigenvalue weighted by molar-refractivity contribution is 0.453. The normalized spacial score (nSPS) is 14.8. The zero-order valence-electron chi connectivity index (χ0n) is 10.1. The summed E-state index contributed by atoms with van der Waals surface area (Å²) in [5, 5.41) is 4.95. The number of nitrogens with one attached hydrogen (secondary N) is 1. The molecule has 1 aromatic rings. The lowest BCUT2D eigenvalue weighted by Gasteiger charge is -2.21. The van der Waals surface area contributed by atoms with Gasteiger partial charge in [0.2, 0.25) is 0 Å². The van der Waals surface area contributed by atoms with Crippen LogP contribution in [0.3, 0.4) is 0 Å². The van der Waals surface area contributed by atoms with Crippen LogP contribution in [0.15, 0.2) is 18.2 Å². The SMILES string of the molecule is CCCC(C)NC(C)c1ccc(Cl)cc1Cl. The Morgan fingerprint density at radius 3 is 2.50 bits per heavy atom. The number of hydrogen-bond donors (Lipinski definition) is 1. The van der Waals surface area contributed by atoms with Gasteiger partial charge in [0.15, 0.2) is 0 Å². The van der Waals surface area contributed by atoms with E-state index in [1.807, 2.05) is 12.1 Å². The number of halogens is 2. The average molecular weight is 260 g/mol. The summed E-state index contributed by atoms with van der Waals surface area (Å²) in [4.78, 5) is 0. The highest BCUT2D eigenvalue weighted by molar-refractivity contribution is 6.35. The van der Waals surface area contributed by atoms with Gasteiger partial charge in [0.05, 0.1) is 0 Å². The summed E-state index contributed by atoms with van der Waals surface area (Å²) in [6.07, 6.45) is 2.37. The highest BCUT2D eigenvalue weighted by atomic mass is 35.5. The number of benzene rings is 1. The molecule has 0 radical (unpaired) electrons. The minimum absolute atomic E-state index is 0.256. The smallest absolute Gasteiger partial charge is 0.0468 e. The van der Waals surface area contributed by atoms with Crippen LogP contribution in [0, 0.1) is 0 Å². The fourth-order valence-corrected chi connectivity index (χ4v) is 2.46. The van der Waals surface area contributed by atoms with Gasteiger partial charge in [0.25, 0.3) is 0 Å². The van der Waals surface area contributed by atoms with Crippen molar-refractivity contribution >= 4 is 23.2 Å². The topological polar surface area (TPSA) is 12.0 Å². The maximum atomic E-state index is 6.16. The molecule has 0 aliphatic carbocycles. The van der Waals surface area contributed by atoms with E-state index in [-0.39, 0.29) is 6.04 Å². The van der Waals surface area contributed by atoms with Crippen LogP contribution in [0.2, 0.25) is 10.0 Å². The van der Waals surface area contributed by atoms with Gasteiger partial charge in [-0.1, -0.05) is 42.6 Å². The Kier molecular flexibility index (Phi) is 5.60. The Hall–Kier alpha value is -0.240. The van der Waals surface area contributed by atoms with E-state index in [0.717, 1.165) is 10.6 Å². The van der Waals surface area contributed by atoms with Crippen LogP contribution >= 0.6 is 23.2 Å². The van der Waals surface area contributed by atoms with Crippen molar-refractivity contribution in [1.29, 1.82) is 0 Å². The molecule has 3 heteroatoms. The maximum Gasteiger partial charge on any atom is 0.0468 e. The van der Waals surface area contributed by atoms with E-state index in [1.165, 1.54) is 12.8 Å². The molecule has 0 aromatic heterocycles. The quantitative estimate of drug-likeness (QED) is 0.799. The Morgan fingerprint density at radius 1 is 1.25 bits per heavy atom. The summed E-state index contributed by atoms with van der Waals surface area (Å²) in [7, 11) is 0. The van der Waals surface area contributed by atoms with Crippen molar-refractivity contribution in [2.45, 2.75) is 45.7 Å². The summed E-state index contributed by atoms with van der Waals surface area (Å²) < 4.78 is 0. The average Bonchev–Trinajstić information content (AvgIpc) is 2.17. The van der Waals surface area contributed by atoms with Crippen molar-refractivity contribution in [3.63, 3.8) is 0 Å². The maximum absolute atomic E-state index is 6.16. The van der Waals surface area contributed by atoms with Crippen LogP contribution < -0.4 is 5.32 Å². The van der Waals surface area contributed by atoms with Crippen molar-refractivity contribution in [3.05, 3.63) is 33.8 Å². The van der Waals surface area contributed by atoms with Crippen molar-refractivity contribution in [2.75, 3.05) is 0 Å². The third kappa shape index (κ3) is 3.97. The fraction of sp³-hybridized carbons (Fsp3) is 0.538. The summed E-state index contributed by atoms with van der Waals surface area (Å²) >= 11 is 12.0. The molecule has 1 aromatic carbocycles. The van der Waals surface area contributed by atoms with E-state index in [2.05, 4.69) is 26.1 Å². The van der Waals surface area contributed by atoms with Gasteiger partial charge in [-0.3, -0.25) is 0 Å². The van der Waals surface area contributed by atoms with E-state index < -0.39 is 0 Å². The first kappa shape index (κ1) is 13.8. The summed E-state index contributed by atoms with van der Waals surface area (Å²) in [6, 6.07) is 6.42. The predicted molar refractivity (Wildman–Crippen MR) is 72.4 cm³/mol. The molecule has 1 nitrogen and oxygen atoms in total. The van der Waals surface area contributed by atoms with Gasteiger partial charge in [-0.25, -0.2) is 0 Å². The first-order valence-electron chi connectivity index (χ1n) is 5.75. The Balaban J connectivity index is 2.69. The third-order valence-corrected chi connectivity index (χ3v) is 3.25. The van der Waals surface area contributed by atoms with Gasteiger partial charge in [-0.15, -0.1) is 0 Å². The molecule has 1 N–H and O–H groups in total. The molecule has 0 spiro atoms. The molecule has 2 atom stereocenters. The van der Waals surface area contributed by atoms with Gasteiger partial charge >= 0.3 is 0 Å². The monoisotopic (exact) mass is 259 g/mol. The van der Waals surface area contributed by atoms with Crippen LogP contribution in [-0.2, 0) is 0 Å². The van der Waals surface area contributed by atoms with E-state index >= 15 is 0 Å².